The van der Waals surface area contributed by atoms with E-state index in [9.17, 15) is 0 Å². The van der Waals surface area contributed by atoms with Gasteiger partial charge in [-0.1, -0.05) is 12.2 Å². The molecule has 2 aromatic rings. The van der Waals surface area contributed by atoms with Gasteiger partial charge in [-0.05, 0) is 19.4 Å². The van der Waals surface area contributed by atoms with Crippen LogP contribution in [-0.4, -0.2) is 25.0 Å². The quantitative estimate of drug-likeness (QED) is 0.809. The molecule has 0 aliphatic carbocycles. The van der Waals surface area contributed by atoms with Crippen LogP contribution in [0.4, 0.5) is 11.6 Å². The lowest BCUT2D eigenvalue weighted by molar-refractivity contribution is 0.775. The number of nitrogens with two attached hydrogens (primary N) is 1. The van der Waals surface area contributed by atoms with E-state index in [4.69, 9.17) is 18.0 Å². The number of thiocarbonyl (C=S) groups is 1. The number of aromatic nitrogens is 4. The van der Waals surface area contributed by atoms with E-state index in [-0.39, 0.29) is 0 Å². The lowest BCUT2D eigenvalue weighted by Crippen LogP contribution is -2.17. The van der Waals surface area contributed by atoms with Crippen molar-refractivity contribution in [1.82, 2.24) is 20.0 Å². The largest absolute Gasteiger partial charge is 0.389 e. The fourth-order valence-electron chi connectivity index (χ4n) is 1.62. The molecule has 6 nitrogen and oxygen atoms in total. The molecule has 0 amide bonds. The molecule has 0 aliphatic rings. The summed E-state index contributed by atoms with van der Waals surface area (Å²) in [5, 5.41) is 15.4. The number of nitrogens with one attached hydrogen (secondary N) is 1. The number of hydrogen-bond acceptors (Lipinski definition) is 5. The highest BCUT2D eigenvalue weighted by atomic mass is 32.1. The number of aryl methyl sites for hydroxylation is 2. The van der Waals surface area contributed by atoms with E-state index in [0.717, 1.165) is 22.6 Å². The molecule has 0 radical (unpaired) electrons. The molecule has 7 heteroatoms. The minimum atomic E-state index is 0.301. The van der Waals surface area contributed by atoms with Crippen LogP contribution in [0.2, 0.25) is 0 Å². The van der Waals surface area contributed by atoms with Crippen molar-refractivity contribution in [3.8, 4) is 0 Å². The molecule has 2 heterocycles. The van der Waals surface area contributed by atoms with Gasteiger partial charge in [-0.3, -0.25) is 4.68 Å². The highest BCUT2D eigenvalue weighted by molar-refractivity contribution is 7.80. The van der Waals surface area contributed by atoms with E-state index >= 15 is 0 Å². The minimum absolute atomic E-state index is 0.301. The van der Waals surface area contributed by atoms with E-state index in [0.29, 0.717) is 10.8 Å². The van der Waals surface area contributed by atoms with Gasteiger partial charge in [0.05, 0.1) is 17.5 Å². The molecule has 0 aromatic carbocycles. The first-order chi connectivity index (χ1) is 8.50. The van der Waals surface area contributed by atoms with Gasteiger partial charge in [0.25, 0.3) is 0 Å². The number of rotatable bonds is 3. The molecule has 0 spiro atoms. The van der Waals surface area contributed by atoms with Crippen molar-refractivity contribution in [2.75, 3.05) is 5.32 Å². The summed E-state index contributed by atoms with van der Waals surface area (Å²) >= 11 is 5.07. The molecule has 0 aliphatic heterocycles. The molecule has 0 bridgehead atoms. The molecule has 3 N–H and O–H groups in total. The number of nitrogens with zero attached hydrogens (tertiary/aromatic N) is 4. The third-order valence-corrected chi connectivity index (χ3v) is 2.97. The van der Waals surface area contributed by atoms with Crippen LogP contribution < -0.4 is 11.1 Å². The third kappa shape index (κ3) is 2.17. The second-order valence-corrected chi connectivity index (χ2v) is 4.40. The highest BCUT2D eigenvalue weighted by Gasteiger charge is 2.14. The Morgan fingerprint density at radius 2 is 2.11 bits per heavy atom. The van der Waals surface area contributed by atoms with Gasteiger partial charge in [0.15, 0.2) is 5.82 Å². The van der Waals surface area contributed by atoms with Crippen LogP contribution in [0.1, 0.15) is 16.8 Å². The number of anilines is 2. The molecule has 2 aromatic heterocycles. The van der Waals surface area contributed by atoms with E-state index in [2.05, 4.69) is 20.6 Å². The predicted molar refractivity (Wildman–Crippen MR) is 73.9 cm³/mol. The molecule has 94 valence electrons. The van der Waals surface area contributed by atoms with Crippen LogP contribution in [0.15, 0.2) is 12.3 Å². The van der Waals surface area contributed by atoms with Crippen LogP contribution in [0.3, 0.4) is 0 Å². The average molecular weight is 262 g/mol. The van der Waals surface area contributed by atoms with Crippen molar-refractivity contribution in [3.63, 3.8) is 0 Å². The van der Waals surface area contributed by atoms with Crippen molar-refractivity contribution >= 4 is 28.8 Å². The van der Waals surface area contributed by atoms with Crippen LogP contribution >= 0.6 is 12.2 Å². The first-order valence-electron chi connectivity index (χ1n) is 5.39. The lowest BCUT2D eigenvalue weighted by atomic mass is 10.1. The first kappa shape index (κ1) is 12.4. The molecular formula is C11H14N6S. The second kappa shape index (κ2) is 4.69. The van der Waals surface area contributed by atoms with Gasteiger partial charge in [-0.25, -0.2) is 0 Å². The van der Waals surface area contributed by atoms with Gasteiger partial charge in [0.2, 0.25) is 0 Å². The van der Waals surface area contributed by atoms with Crippen molar-refractivity contribution in [1.29, 1.82) is 0 Å². The fourth-order valence-corrected chi connectivity index (χ4v) is 1.87. The molecule has 2 rings (SSSR count). The topological polar surface area (TPSA) is 81.7 Å². The Kier molecular flexibility index (Phi) is 3.24. The SMILES string of the molecule is Cc1nnc(Nc2ccnn2C)c(C(N)=S)c1C. The zero-order valence-corrected chi connectivity index (χ0v) is 11.2. The summed E-state index contributed by atoms with van der Waals surface area (Å²) in [7, 11) is 1.83. The van der Waals surface area contributed by atoms with Gasteiger partial charge < -0.3 is 11.1 Å². The monoisotopic (exact) mass is 262 g/mol. The highest BCUT2D eigenvalue weighted by Crippen LogP contribution is 2.21. The Balaban J connectivity index is 2.48. The second-order valence-electron chi connectivity index (χ2n) is 3.96. The van der Waals surface area contributed by atoms with Crippen molar-refractivity contribution in [2.24, 2.45) is 12.8 Å². The third-order valence-electron chi connectivity index (χ3n) is 2.77. The maximum atomic E-state index is 5.75. The fraction of sp³-hybridized carbons (Fsp3) is 0.273. The predicted octanol–water partition coefficient (Wildman–Crippen LogP) is 1.20. The minimum Gasteiger partial charge on any atom is -0.389 e. The van der Waals surface area contributed by atoms with Gasteiger partial charge in [-0.2, -0.15) is 10.2 Å². The summed E-state index contributed by atoms with van der Waals surface area (Å²) in [5.41, 5.74) is 8.22. The van der Waals surface area contributed by atoms with Gasteiger partial charge in [0.1, 0.15) is 10.8 Å². The Labute approximate surface area is 110 Å². The van der Waals surface area contributed by atoms with Crippen LogP contribution in [0, 0.1) is 13.8 Å². The Morgan fingerprint density at radius 1 is 1.39 bits per heavy atom. The van der Waals surface area contributed by atoms with Crippen LogP contribution in [0.5, 0.6) is 0 Å². The molecule has 0 atom stereocenters. The molecule has 0 unspecified atom stereocenters. The van der Waals surface area contributed by atoms with Crippen molar-refractivity contribution < 1.29 is 0 Å². The zero-order valence-electron chi connectivity index (χ0n) is 10.4. The first-order valence-corrected chi connectivity index (χ1v) is 5.80. The zero-order chi connectivity index (χ0) is 13.3. The lowest BCUT2D eigenvalue weighted by Gasteiger charge is -2.12. The summed E-state index contributed by atoms with van der Waals surface area (Å²) in [5.74, 6) is 1.35. The molecule has 0 fully saturated rings. The van der Waals surface area contributed by atoms with Crippen molar-refractivity contribution in [3.05, 3.63) is 29.1 Å². The van der Waals surface area contributed by atoms with E-state index in [1.54, 1.807) is 10.9 Å². The normalized spacial score (nSPS) is 10.4. The summed E-state index contributed by atoms with van der Waals surface area (Å²) in [6.07, 6.45) is 1.69. The van der Waals surface area contributed by atoms with E-state index < -0.39 is 0 Å². The van der Waals surface area contributed by atoms with Crippen LogP contribution in [0.25, 0.3) is 0 Å². The maximum absolute atomic E-state index is 5.75. The summed E-state index contributed by atoms with van der Waals surface area (Å²) in [4.78, 5) is 0.301. The van der Waals surface area contributed by atoms with Crippen LogP contribution in [-0.2, 0) is 7.05 Å². The smallest absolute Gasteiger partial charge is 0.164 e. The molecule has 0 saturated heterocycles. The maximum Gasteiger partial charge on any atom is 0.164 e. The Morgan fingerprint density at radius 3 is 2.67 bits per heavy atom. The average Bonchev–Trinajstić information content (AvgIpc) is 2.69. The Hall–Kier alpha value is -2.02. The Bertz CT molecular complexity index is 604. The molecule has 18 heavy (non-hydrogen) atoms. The van der Waals surface area contributed by atoms with E-state index in [1.807, 2.05) is 27.0 Å². The standard InChI is InChI=1S/C11H14N6S/c1-6-7(2)15-16-11(9(6)10(12)18)14-8-4-5-13-17(8)3/h4-5H,1-3H3,(H2,12,18)(H,14,16). The number of hydrogen-bond donors (Lipinski definition) is 2. The van der Waals surface area contributed by atoms with Gasteiger partial charge in [-0.15, -0.1) is 5.10 Å². The van der Waals surface area contributed by atoms with Gasteiger partial charge >= 0.3 is 0 Å². The van der Waals surface area contributed by atoms with E-state index in [1.165, 1.54) is 0 Å². The summed E-state index contributed by atoms with van der Waals surface area (Å²) < 4.78 is 1.69. The summed E-state index contributed by atoms with van der Waals surface area (Å²) in [6, 6.07) is 1.83. The molecule has 0 saturated carbocycles. The summed E-state index contributed by atoms with van der Waals surface area (Å²) in [6.45, 7) is 3.80. The van der Waals surface area contributed by atoms with Crippen molar-refractivity contribution in [2.45, 2.75) is 13.8 Å². The molecular weight excluding hydrogens is 248 g/mol. The van der Waals surface area contributed by atoms with Gasteiger partial charge in [0, 0.05) is 13.1 Å².